The molecule has 0 aliphatic carbocycles. The van der Waals surface area contributed by atoms with E-state index >= 15 is 0 Å². The van der Waals surface area contributed by atoms with Crippen molar-refractivity contribution < 1.29 is 14.4 Å². The van der Waals surface area contributed by atoms with E-state index in [1.165, 1.54) is 11.0 Å². The summed E-state index contributed by atoms with van der Waals surface area (Å²) in [5.74, 6) is -0.345. The minimum absolute atomic E-state index is 0.0109. The molecule has 0 bridgehead atoms. The first-order chi connectivity index (χ1) is 14.7. The Morgan fingerprint density at radius 2 is 2.00 bits per heavy atom. The molecule has 0 aromatic carbocycles. The quantitative estimate of drug-likeness (QED) is 0.410. The molecule has 2 amide bonds. The molecule has 0 spiro atoms. The highest BCUT2D eigenvalue weighted by molar-refractivity contribution is 5.84. The van der Waals surface area contributed by atoms with Crippen LogP contribution in [0.15, 0.2) is 47.6 Å². The standard InChI is InChI=1S/C22H30N6O3/c1-15-6-7-16(12-25-15)18(23)8-9-20(24)26-21(30)13-28-10-4-5-17(14-29)19(28)11-22(31)27(2)3/h6-9,12,14H,4-5,10-11,13,23-24H2,1-3H3,(H,26,30)/b18-8-,20-9+. The SMILES string of the molecule is Cc1ccc(/C(N)=C/C=C(\N)NC(=O)CN2CCCC(C=O)=C2CC(=O)N(C)C)cn1. The predicted molar refractivity (Wildman–Crippen MR) is 119 cm³/mol. The number of aldehydes is 1. The number of amides is 2. The van der Waals surface area contributed by atoms with Gasteiger partial charge < -0.3 is 26.6 Å². The molecule has 2 rings (SSSR count). The predicted octanol–water partition coefficient (Wildman–Crippen LogP) is 0.633. The highest BCUT2D eigenvalue weighted by Crippen LogP contribution is 2.24. The first-order valence-corrected chi connectivity index (χ1v) is 9.99. The molecule has 1 aromatic heterocycles. The Bertz CT molecular complexity index is 916. The van der Waals surface area contributed by atoms with Crippen molar-refractivity contribution in [1.29, 1.82) is 0 Å². The fourth-order valence-corrected chi connectivity index (χ4v) is 3.10. The summed E-state index contributed by atoms with van der Waals surface area (Å²) < 4.78 is 0. The van der Waals surface area contributed by atoms with Gasteiger partial charge in [-0.15, -0.1) is 0 Å². The van der Waals surface area contributed by atoms with Crippen LogP contribution in [0.1, 0.15) is 30.5 Å². The van der Waals surface area contributed by atoms with Gasteiger partial charge in [0.2, 0.25) is 11.8 Å². The molecule has 31 heavy (non-hydrogen) atoms. The van der Waals surface area contributed by atoms with Crippen LogP contribution in [0.25, 0.3) is 5.70 Å². The monoisotopic (exact) mass is 426 g/mol. The van der Waals surface area contributed by atoms with Crippen molar-refractivity contribution >= 4 is 23.8 Å². The van der Waals surface area contributed by atoms with E-state index in [0.29, 0.717) is 29.9 Å². The maximum Gasteiger partial charge on any atom is 0.244 e. The third-order valence-corrected chi connectivity index (χ3v) is 4.89. The molecule has 0 saturated heterocycles. The summed E-state index contributed by atoms with van der Waals surface area (Å²) in [4.78, 5) is 43.5. The van der Waals surface area contributed by atoms with Gasteiger partial charge in [-0.05, 0) is 44.1 Å². The van der Waals surface area contributed by atoms with Crippen LogP contribution >= 0.6 is 0 Å². The van der Waals surface area contributed by atoms with Gasteiger partial charge in [-0.25, -0.2) is 0 Å². The van der Waals surface area contributed by atoms with Crippen LogP contribution in [0, 0.1) is 6.92 Å². The molecule has 0 unspecified atom stereocenters. The Balaban J connectivity index is 2.04. The zero-order chi connectivity index (χ0) is 23.0. The van der Waals surface area contributed by atoms with Crippen LogP contribution in [-0.2, 0) is 14.4 Å². The van der Waals surface area contributed by atoms with E-state index in [0.717, 1.165) is 24.0 Å². The van der Waals surface area contributed by atoms with Gasteiger partial charge in [-0.3, -0.25) is 19.4 Å². The molecule has 2 heterocycles. The number of hydrogen-bond acceptors (Lipinski definition) is 7. The minimum atomic E-state index is -0.348. The van der Waals surface area contributed by atoms with Crippen molar-refractivity contribution in [3.05, 3.63) is 58.8 Å². The summed E-state index contributed by atoms with van der Waals surface area (Å²) in [6.45, 7) is 2.45. The maximum absolute atomic E-state index is 12.5. The summed E-state index contributed by atoms with van der Waals surface area (Å²) in [6, 6.07) is 3.70. The summed E-state index contributed by atoms with van der Waals surface area (Å²) >= 11 is 0. The van der Waals surface area contributed by atoms with E-state index < -0.39 is 0 Å². The zero-order valence-corrected chi connectivity index (χ0v) is 18.2. The lowest BCUT2D eigenvalue weighted by atomic mass is 10.0. The average molecular weight is 427 g/mol. The Morgan fingerprint density at radius 3 is 2.61 bits per heavy atom. The van der Waals surface area contributed by atoms with Crippen LogP contribution < -0.4 is 16.8 Å². The van der Waals surface area contributed by atoms with E-state index in [1.807, 2.05) is 19.1 Å². The Kier molecular flexibility index (Phi) is 8.36. The molecule has 9 heteroatoms. The third-order valence-electron chi connectivity index (χ3n) is 4.89. The normalized spacial score (nSPS) is 15.0. The number of rotatable bonds is 8. The Hall–Kier alpha value is -3.62. The van der Waals surface area contributed by atoms with Crippen LogP contribution in [0.3, 0.4) is 0 Å². The van der Waals surface area contributed by atoms with Gasteiger partial charge in [-0.2, -0.15) is 0 Å². The average Bonchev–Trinajstić information content (AvgIpc) is 2.73. The number of nitrogens with two attached hydrogens (primary N) is 2. The van der Waals surface area contributed by atoms with E-state index in [9.17, 15) is 14.4 Å². The molecule has 1 aliphatic rings. The van der Waals surface area contributed by atoms with Crippen molar-refractivity contribution in [3.63, 3.8) is 0 Å². The highest BCUT2D eigenvalue weighted by Gasteiger charge is 2.24. The number of allylic oxidation sites excluding steroid dienone is 3. The van der Waals surface area contributed by atoms with E-state index in [2.05, 4.69) is 10.3 Å². The summed E-state index contributed by atoms with van der Waals surface area (Å²) in [5.41, 5.74) is 15.2. The summed E-state index contributed by atoms with van der Waals surface area (Å²) in [7, 11) is 3.31. The van der Waals surface area contributed by atoms with Gasteiger partial charge in [0.25, 0.3) is 0 Å². The lowest BCUT2D eigenvalue weighted by molar-refractivity contribution is -0.129. The van der Waals surface area contributed by atoms with Gasteiger partial charge >= 0.3 is 0 Å². The fourth-order valence-electron chi connectivity index (χ4n) is 3.10. The van der Waals surface area contributed by atoms with Crippen LogP contribution in [0.5, 0.6) is 0 Å². The Labute approximate surface area is 182 Å². The van der Waals surface area contributed by atoms with Crippen LogP contribution in [0.4, 0.5) is 0 Å². The van der Waals surface area contributed by atoms with E-state index in [1.54, 1.807) is 31.3 Å². The lowest BCUT2D eigenvalue weighted by Crippen LogP contribution is -2.41. The van der Waals surface area contributed by atoms with Crippen molar-refractivity contribution in [3.8, 4) is 0 Å². The second-order valence-electron chi connectivity index (χ2n) is 7.56. The second-order valence-corrected chi connectivity index (χ2v) is 7.56. The van der Waals surface area contributed by atoms with Gasteiger partial charge in [0, 0.05) is 55.1 Å². The number of hydrogen-bond donors (Lipinski definition) is 3. The summed E-state index contributed by atoms with van der Waals surface area (Å²) in [6.07, 6.45) is 6.93. The van der Waals surface area contributed by atoms with Crippen molar-refractivity contribution in [1.82, 2.24) is 20.1 Å². The Morgan fingerprint density at radius 1 is 1.26 bits per heavy atom. The number of aryl methyl sites for hydroxylation is 1. The molecule has 9 nitrogen and oxygen atoms in total. The molecular weight excluding hydrogens is 396 g/mol. The van der Waals surface area contributed by atoms with Gasteiger partial charge in [0.15, 0.2) is 0 Å². The lowest BCUT2D eigenvalue weighted by Gasteiger charge is -2.32. The molecule has 1 aliphatic heterocycles. The number of nitrogens with zero attached hydrogens (tertiary/aromatic N) is 3. The molecule has 0 radical (unpaired) electrons. The van der Waals surface area contributed by atoms with Gasteiger partial charge in [0.1, 0.15) is 12.1 Å². The summed E-state index contributed by atoms with van der Waals surface area (Å²) in [5, 5.41) is 2.61. The topological polar surface area (TPSA) is 135 Å². The number of carbonyl (C=O) groups excluding carboxylic acids is 3. The first-order valence-electron chi connectivity index (χ1n) is 9.99. The van der Waals surface area contributed by atoms with E-state index in [-0.39, 0.29) is 30.6 Å². The molecule has 0 saturated carbocycles. The van der Waals surface area contributed by atoms with Crippen LogP contribution in [0.2, 0.25) is 0 Å². The smallest absolute Gasteiger partial charge is 0.244 e. The van der Waals surface area contributed by atoms with Crippen molar-refractivity contribution in [2.45, 2.75) is 26.2 Å². The maximum atomic E-state index is 12.5. The molecule has 1 aromatic rings. The molecule has 0 atom stereocenters. The van der Waals surface area contributed by atoms with E-state index in [4.69, 9.17) is 11.5 Å². The van der Waals surface area contributed by atoms with Crippen molar-refractivity contribution in [2.75, 3.05) is 27.2 Å². The number of pyridine rings is 1. The molecule has 0 fully saturated rings. The number of carbonyl (C=O) groups is 3. The zero-order valence-electron chi connectivity index (χ0n) is 18.2. The van der Waals surface area contributed by atoms with Crippen molar-refractivity contribution in [2.24, 2.45) is 11.5 Å². The number of nitrogens with one attached hydrogen (secondary N) is 1. The largest absolute Gasteiger partial charge is 0.398 e. The number of aromatic nitrogens is 1. The molecular formula is C22H30N6O3. The molecule has 5 N–H and O–H groups in total. The van der Waals surface area contributed by atoms with Gasteiger partial charge in [0.05, 0.1) is 13.0 Å². The third kappa shape index (κ3) is 6.98. The fraction of sp³-hybridized carbons (Fsp3) is 0.364. The minimum Gasteiger partial charge on any atom is -0.398 e. The highest BCUT2D eigenvalue weighted by atomic mass is 16.2. The van der Waals surface area contributed by atoms with Gasteiger partial charge in [-0.1, -0.05) is 0 Å². The molecule has 166 valence electrons. The first kappa shape index (κ1) is 23.7. The van der Waals surface area contributed by atoms with Crippen LogP contribution in [-0.4, -0.2) is 60.1 Å². The second kappa shape index (κ2) is 11.0.